The van der Waals surface area contributed by atoms with Crippen molar-refractivity contribution >= 4 is 17.8 Å². The average Bonchev–Trinajstić information content (AvgIpc) is 2.45. The molecule has 0 N–H and O–H groups in total. The van der Waals surface area contributed by atoms with Gasteiger partial charge in [0.05, 0.1) is 0 Å². The summed E-state index contributed by atoms with van der Waals surface area (Å²) < 4.78 is 39.3. The Labute approximate surface area is 117 Å². The molecule has 0 aliphatic carbocycles. The Hall–Kier alpha value is -1.79. The number of halogens is 3. The summed E-state index contributed by atoms with van der Waals surface area (Å²) >= 11 is 0.207. The van der Waals surface area contributed by atoms with Gasteiger partial charge < -0.3 is 0 Å². The topological polar surface area (TPSA) is 26.3 Å². The van der Waals surface area contributed by atoms with E-state index in [4.69, 9.17) is 0 Å². The van der Waals surface area contributed by atoms with Crippen LogP contribution in [-0.2, 0) is 4.18 Å². The molecule has 0 fully saturated rings. The molecule has 0 saturated heterocycles. The molecular formula is C14H9F3O2S. The molecule has 0 heterocycles. The van der Waals surface area contributed by atoms with Crippen molar-refractivity contribution < 1.29 is 22.1 Å². The Bertz CT molecular complexity index is 580. The molecule has 2 aromatic rings. The first-order chi connectivity index (χ1) is 9.46. The van der Waals surface area contributed by atoms with Gasteiger partial charge in [-0.05, 0) is 24.3 Å². The second kappa shape index (κ2) is 6.11. The van der Waals surface area contributed by atoms with Crippen molar-refractivity contribution in [1.82, 2.24) is 0 Å². The zero-order chi connectivity index (χ0) is 14.6. The standard InChI is InChI=1S/C14H9F3O2S/c15-14(16,17)19-20-12-8-6-11(7-9-12)13(18)10-4-2-1-3-5-10/h1-9H. The molecule has 20 heavy (non-hydrogen) atoms. The van der Waals surface area contributed by atoms with Crippen molar-refractivity contribution in [3.8, 4) is 0 Å². The predicted molar refractivity (Wildman–Crippen MR) is 69.3 cm³/mol. The van der Waals surface area contributed by atoms with Gasteiger partial charge in [0, 0.05) is 28.1 Å². The fraction of sp³-hybridized carbons (Fsp3) is 0.0714. The van der Waals surface area contributed by atoms with Gasteiger partial charge in [-0.1, -0.05) is 30.3 Å². The van der Waals surface area contributed by atoms with Crippen LogP contribution < -0.4 is 0 Å². The lowest BCUT2D eigenvalue weighted by Crippen LogP contribution is -2.07. The van der Waals surface area contributed by atoms with Crippen molar-refractivity contribution in [2.75, 3.05) is 0 Å². The minimum absolute atomic E-state index is 0.182. The number of hydrogen-bond acceptors (Lipinski definition) is 3. The van der Waals surface area contributed by atoms with Gasteiger partial charge in [-0.25, -0.2) is 4.18 Å². The van der Waals surface area contributed by atoms with Gasteiger partial charge in [-0.2, -0.15) is 0 Å². The van der Waals surface area contributed by atoms with Crippen molar-refractivity contribution in [3.05, 3.63) is 65.7 Å². The second-order valence-electron chi connectivity index (χ2n) is 3.83. The first kappa shape index (κ1) is 14.6. The van der Waals surface area contributed by atoms with Gasteiger partial charge in [0.25, 0.3) is 0 Å². The molecule has 0 unspecified atom stereocenters. The largest absolute Gasteiger partial charge is 0.533 e. The molecule has 2 rings (SSSR count). The molecule has 0 spiro atoms. The van der Waals surface area contributed by atoms with E-state index in [0.717, 1.165) is 0 Å². The lowest BCUT2D eigenvalue weighted by Gasteiger charge is -2.06. The summed E-state index contributed by atoms with van der Waals surface area (Å²) in [6.07, 6.45) is -4.69. The van der Waals surface area contributed by atoms with Crippen LogP contribution in [0, 0.1) is 0 Å². The highest BCUT2D eigenvalue weighted by atomic mass is 32.2. The summed E-state index contributed by atoms with van der Waals surface area (Å²) in [7, 11) is 0. The van der Waals surface area contributed by atoms with Crippen LogP contribution in [0.1, 0.15) is 15.9 Å². The third kappa shape index (κ3) is 4.11. The number of rotatable bonds is 4. The van der Waals surface area contributed by atoms with E-state index in [0.29, 0.717) is 11.1 Å². The Morgan fingerprint density at radius 2 is 1.45 bits per heavy atom. The van der Waals surface area contributed by atoms with E-state index in [1.165, 1.54) is 24.3 Å². The Morgan fingerprint density at radius 1 is 0.900 bits per heavy atom. The zero-order valence-electron chi connectivity index (χ0n) is 10.1. The summed E-state index contributed by atoms with van der Waals surface area (Å²) in [6.45, 7) is 0. The van der Waals surface area contributed by atoms with E-state index in [9.17, 15) is 18.0 Å². The first-order valence-electron chi connectivity index (χ1n) is 5.58. The third-order valence-corrected chi connectivity index (χ3v) is 3.12. The summed E-state index contributed by atoms with van der Waals surface area (Å²) in [4.78, 5) is 12.3. The molecule has 104 valence electrons. The minimum Gasteiger partial charge on any atom is -0.289 e. The summed E-state index contributed by atoms with van der Waals surface area (Å²) in [5, 5.41) is 0. The maximum Gasteiger partial charge on any atom is 0.533 e. The van der Waals surface area contributed by atoms with Crippen LogP contribution in [0.5, 0.6) is 0 Å². The van der Waals surface area contributed by atoms with Gasteiger partial charge in [-0.3, -0.25) is 4.79 Å². The molecule has 0 radical (unpaired) electrons. The minimum atomic E-state index is -4.69. The predicted octanol–water partition coefficient (Wildman–Crippen LogP) is 4.46. The molecule has 0 saturated carbocycles. The number of ketones is 1. The first-order valence-corrected chi connectivity index (χ1v) is 6.32. The van der Waals surface area contributed by atoms with E-state index in [2.05, 4.69) is 4.18 Å². The van der Waals surface area contributed by atoms with Crippen LogP contribution >= 0.6 is 12.0 Å². The highest BCUT2D eigenvalue weighted by Crippen LogP contribution is 2.29. The van der Waals surface area contributed by atoms with Gasteiger partial charge in [-0.15, -0.1) is 13.2 Å². The average molecular weight is 298 g/mol. The molecular weight excluding hydrogens is 289 g/mol. The maximum atomic E-state index is 12.1. The molecule has 2 aromatic carbocycles. The maximum absolute atomic E-state index is 12.1. The lowest BCUT2D eigenvalue weighted by molar-refractivity contribution is -0.266. The van der Waals surface area contributed by atoms with Crippen LogP contribution in [-0.4, -0.2) is 12.1 Å². The van der Waals surface area contributed by atoms with Gasteiger partial charge in [0.15, 0.2) is 5.78 Å². The van der Waals surface area contributed by atoms with E-state index in [1.54, 1.807) is 30.3 Å². The van der Waals surface area contributed by atoms with Crippen molar-refractivity contribution in [1.29, 1.82) is 0 Å². The van der Waals surface area contributed by atoms with E-state index in [-0.39, 0.29) is 22.7 Å². The Kier molecular flexibility index (Phi) is 4.46. The zero-order valence-corrected chi connectivity index (χ0v) is 10.9. The summed E-state index contributed by atoms with van der Waals surface area (Å²) in [5.74, 6) is -0.182. The molecule has 2 nitrogen and oxygen atoms in total. The monoisotopic (exact) mass is 298 g/mol. The third-order valence-electron chi connectivity index (χ3n) is 2.38. The fourth-order valence-corrected chi connectivity index (χ4v) is 1.95. The molecule has 0 aromatic heterocycles. The SMILES string of the molecule is O=C(c1ccccc1)c1ccc(SOC(F)(F)F)cc1. The number of carbonyl (C=O) groups excluding carboxylic acids is 1. The van der Waals surface area contributed by atoms with Crippen LogP contribution in [0.15, 0.2) is 59.5 Å². The molecule has 0 aliphatic heterocycles. The van der Waals surface area contributed by atoms with E-state index < -0.39 is 6.36 Å². The highest BCUT2D eigenvalue weighted by Gasteiger charge is 2.30. The highest BCUT2D eigenvalue weighted by molar-refractivity contribution is 7.94. The smallest absolute Gasteiger partial charge is 0.289 e. The number of hydrogen-bond donors (Lipinski definition) is 0. The molecule has 0 aliphatic rings. The van der Waals surface area contributed by atoms with Crippen molar-refractivity contribution in [2.45, 2.75) is 11.3 Å². The second-order valence-corrected chi connectivity index (χ2v) is 4.64. The Morgan fingerprint density at radius 3 is 2.00 bits per heavy atom. The summed E-state index contributed by atoms with van der Waals surface area (Å²) in [6, 6.07) is 14.4. The Balaban J connectivity index is 2.07. The number of benzene rings is 2. The van der Waals surface area contributed by atoms with Crippen LogP contribution in [0.4, 0.5) is 13.2 Å². The van der Waals surface area contributed by atoms with Gasteiger partial charge in [0.2, 0.25) is 0 Å². The fourth-order valence-electron chi connectivity index (χ4n) is 1.51. The van der Waals surface area contributed by atoms with E-state index in [1.807, 2.05) is 0 Å². The van der Waals surface area contributed by atoms with Crippen LogP contribution in [0.2, 0.25) is 0 Å². The van der Waals surface area contributed by atoms with Crippen LogP contribution in [0.25, 0.3) is 0 Å². The van der Waals surface area contributed by atoms with E-state index >= 15 is 0 Å². The quantitative estimate of drug-likeness (QED) is 0.615. The lowest BCUT2D eigenvalue weighted by atomic mass is 10.0. The normalized spacial score (nSPS) is 11.3. The van der Waals surface area contributed by atoms with Crippen LogP contribution in [0.3, 0.4) is 0 Å². The number of carbonyl (C=O) groups is 1. The van der Waals surface area contributed by atoms with Crippen molar-refractivity contribution in [3.63, 3.8) is 0 Å². The van der Waals surface area contributed by atoms with Crippen molar-refractivity contribution in [2.24, 2.45) is 0 Å². The van der Waals surface area contributed by atoms with Gasteiger partial charge >= 0.3 is 6.36 Å². The van der Waals surface area contributed by atoms with Gasteiger partial charge in [0.1, 0.15) is 0 Å². The molecule has 0 atom stereocenters. The molecule has 0 amide bonds. The molecule has 0 bridgehead atoms. The molecule has 6 heteroatoms. The summed E-state index contributed by atoms with van der Waals surface area (Å²) in [5.41, 5.74) is 0.937. The number of alkyl halides is 3.